The Morgan fingerprint density at radius 2 is 1.95 bits per heavy atom. The maximum atomic E-state index is 11.5. The first-order valence-electron chi connectivity index (χ1n) is 7.74. The standard InChI is InChI=1S/C16H23NO3S/c1-12-4-2-5-14-15(6-3-9-20-16(12)14)17-13-7-10-21(18,19)11-8-13/h2,4-5,13,15,17H,3,6-11H2,1H3. The maximum absolute atomic E-state index is 11.5. The molecule has 0 amide bonds. The molecular formula is C16H23NO3S. The van der Waals surface area contributed by atoms with Crippen LogP contribution in [0.4, 0.5) is 0 Å². The van der Waals surface area contributed by atoms with E-state index in [0.717, 1.165) is 38.0 Å². The lowest BCUT2D eigenvalue weighted by Gasteiger charge is -2.28. The van der Waals surface area contributed by atoms with Crippen LogP contribution >= 0.6 is 0 Å². The van der Waals surface area contributed by atoms with Crippen LogP contribution in [-0.2, 0) is 9.84 Å². The molecule has 4 nitrogen and oxygen atoms in total. The first kappa shape index (κ1) is 14.9. The zero-order valence-corrected chi connectivity index (χ0v) is 13.3. The lowest BCUT2D eigenvalue weighted by Crippen LogP contribution is -2.39. The molecule has 0 spiro atoms. The summed E-state index contributed by atoms with van der Waals surface area (Å²) in [5.74, 6) is 1.64. The van der Waals surface area contributed by atoms with Crippen molar-refractivity contribution < 1.29 is 13.2 Å². The maximum Gasteiger partial charge on any atom is 0.150 e. The quantitative estimate of drug-likeness (QED) is 0.911. The molecule has 2 aliphatic rings. The van der Waals surface area contributed by atoms with Crippen LogP contribution in [0.25, 0.3) is 0 Å². The molecule has 1 fully saturated rings. The molecule has 2 heterocycles. The van der Waals surface area contributed by atoms with Gasteiger partial charge in [0.1, 0.15) is 15.6 Å². The molecule has 0 saturated carbocycles. The molecule has 1 atom stereocenters. The van der Waals surface area contributed by atoms with Gasteiger partial charge >= 0.3 is 0 Å². The molecule has 1 saturated heterocycles. The zero-order chi connectivity index (χ0) is 14.9. The van der Waals surface area contributed by atoms with Gasteiger partial charge in [-0.15, -0.1) is 0 Å². The molecule has 1 aromatic rings. The summed E-state index contributed by atoms with van der Waals surface area (Å²) >= 11 is 0. The number of para-hydroxylation sites is 1. The van der Waals surface area contributed by atoms with Crippen molar-refractivity contribution in [1.82, 2.24) is 5.32 Å². The number of hydrogen-bond donors (Lipinski definition) is 1. The van der Waals surface area contributed by atoms with E-state index >= 15 is 0 Å². The average molecular weight is 309 g/mol. The Balaban J connectivity index is 1.76. The van der Waals surface area contributed by atoms with Crippen LogP contribution < -0.4 is 10.1 Å². The molecular weight excluding hydrogens is 286 g/mol. The van der Waals surface area contributed by atoms with Crippen molar-refractivity contribution in [3.05, 3.63) is 29.3 Å². The highest BCUT2D eigenvalue weighted by atomic mass is 32.2. The van der Waals surface area contributed by atoms with Crippen molar-refractivity contribution in [2.75, 3.05) is 18.1 Å². The van der Waals surface area contributed by atoms with Gasteiger partial charge in [0.2, 0.25) is 0 Å². The molecule has 5 heteroatoms. The third-order valence-corrected chi connectivity index (χ3v) is 6.21. The van der Waals surface area contributed by atoms with Gasteiger partial charge in [0, 0.05) is 17.6 Å². The lowest BCUT2D eigenvalue weighted by atomic mass is 9.98. The number of benzene rings is 1. The Labute approximate surface area is 126 Å². The van der Waals surface area contributed by atoms with Crippen LogP contribution in [0.3, 0.4) is 0 Å². The van der Waals surface area contributed by atoms with E-state index in [2.05, 4.69) is 30.4 Å². The zero-order valence-electron chi connectivity index (χ0n) is 12.5. The topological polar surface area (TPSA) is 55.4 Å². The van der Waals surface area contributed by atoms with E-state index in [4.69, 9.17) is 4.74 Å². The Morgan fingerprint density at radius 3 is 2.71 bits per heavy atom. The van der Waals surface area contributed by atoms with Crippen LogP contribution in [-0.4, -0.2) is 32.6 Å². The van der Waals surface area contributed by atoms with E-state index in [1.54, 1.807) is 0 Å². The van der Waals surface area contributed by atoms with E-state index in [9.17, 15) is 8.42 Å². The second-order valence-corrected chi connectivity index (χ2v) is 8.43. The van der Waals surface area contributed by atoms with E-state index in [1.807, 2.05) is 0 Å². The number of rotatable bonds is 2. The first-order valence-corrected chi connectivity index (χ1v) is 9.56. The fourth-order valence-electron chi connectivity index (χ4n) is 3.28. The number of nitrogens with one attached hydrogen (secondary N) is 1. The van der Waals surface area contributed by atoms with Gasteiger partial charge < -0.3 is 10.1 Å². The highest BCUT2D eigenvalue weighted by molar-refractivity contribution is 7.91. The minimum Gasteiger partial charge on any atom is -0.493 e. The third kappa shape index (κ3) is 3.40. The number of sulfone groups is 1. The normalized spacial score (nSPS) is 25.7. The van der Waals surface area contributed by atoms with Crippen LogP contribution in [0.1, 0.15) is 42.9 Å². The van der Waals surface area contributed by atoms with Crippen LogP contribution in [0.15, 0.2) is 18.2 Å². The van der Waals surface area contributed by atoms with Crippen molar-refractivity contribution in [2.24, 2.45) is 0 Å². The van der Waals surface area contributed by atoms with Gasteiger partial charge in [0.15, 0.2) is 0 Å². The molecule has 0 bridgehead atoms. The summed E-state index contributed by atoms with van der Waals surface area (Å²) in [6.45, 7) is 2.84. The summed E-state index contributed by atoms with van der Waals surface area (Å²) < 4.78 is 29.0. The Bertz CT molecular complexity index is 598. The van der Waals surface area contributed by atoms with Gasteiger partial charge in [0.05, 0.1) is 18.1 Å². The van der Waals surface area contributed by atoms with E-state index in [1.165, 1.54) is 11.1 Å². The lowest BCUT2D eigenvalue weighted by molar-refractivity contribution is 0.311. The molecule has 21 heavy (non-hydrogen) atoms. The number of hydrogen-bond acceptors (Lipinski definition) is 4. The average Bonchev–Trinajstić information content (AvgIpc) is 2.65. The highest BCUT2D eigenvalue weighted by Crippen LogP contribution is 2.34. The molecule has 1 aromatic carbocycles. The van der Waals surface area contributed by atoms with Crippen molar-refractivity contribution >= 4 is 9.84 Å². The summed E-state index contributed by atoms with van der Waals surface area (Å²) in [5, 5.41) is 3.67. The predicted molar refractivity (Wildman–Crippen MR) is 83.5 cm³/mol. The summed E-state index contributed by atoms with van der Waals surface area (Å²) in [6, 6.07) is 6.85. The molecule has 1 unspecified atom stereocenters. The van der Waals surface area contributed by atoms with Crippen molar-refractivity contribution in [3.63, 3.8) is 0 Å². The monoisotopic (exact) mass is 309 g/mol. The van der Waals surface area contributed by atoms with Crippen LogP contribution in [0.5, 0.6) is 5.75 Å². The molecule has 0 aromatic heterocycles. The second-order valence-electron chi connectivity index (χ2n) is 6.13. The Kier molecular flexibility index (Phi) is 4.22. The van der Waals surface area contributed by atoms with E-state index in [-0.39, 0.29) is 6.04 Å². The smallest absolute Gasteiger partial charge is 0.150 e. The van der Waals surface area contributed by atoms with Crippen LogP contribution in [0, 0.1) is 6.92 Å². The fourth-order valence-corrected chi connectivity index (χ4v) is 4.77. The summed E-state index contributed by atoms with van der Waals surface area (Å²) in [5.41, 5.74) is 2.40. The van der Waals surface area contributed by atoms with Gasteiger partial charge in [-0.25, -0.2) is 8.42 Å². The molecule has 2 aliphatic heterocycles. The Hall–Kier alpha value is -1.07. The number of ether oxygens (including phenoxy) is 1. The second kappa shape index (κ2) is 5.97. The summed E-state index contributed by atoms with van der Waals surface area (Å²) in [4.78, 5) is 0. The summed E-state index contributed by atoms with van der Waals surface area (Å²) in [7, 11) is -2.80. The molecule has 0 radical (unpaired) electrons. The molecule has 116 valence electrons. The highest BCUT2D eigenvalue weighted by Gasteiger charge is 2.28. The van der Waals surface area contributed by atoms with Crippen molar-refractivity contribution in [2.45, 2.75) is 44.7 Å². The van der Waals surface area contributed by atoms with Gasteiger partial charge in [-0.2, -0.15) is 0 Å². The molecule has 3 rings (SSSR count). The minimum atomic E-state index is -2.80. The van der Waals surface area contributed by atoms with Crippen molar-refractivity contribution in [1.29, 1.82) is 0 Å². The largest absolute Gasteiger partial charge is 0.493 e. The van der Waals surface area contributed by atoms with Crippen molar-refractivity contribution in [3.8, 4) is 5.75 Å². The Morgan fingerprint density at radius 1 is 1.19 bits per heavy atom. The van der Waals surface area contributed by atoms with Gasteiger partial charge in [0.25, 0.3) is 0 Å². The third-order valence-electron chi connectivity index (χ3n) is 4.49. The summed E-state index contributed by atoms with van der Waals surface area (Å²) in [6.07, 6.45) is 3.51. The first-order chi connectivity index (χ1) is 10.1. The van der Waals surface area contributed by atoms with E-state index in [0.29, 0.717) is 17.5 Å². The number of fused-ring (bicyclic) bond motifs is 1. The fraction of sp³-hybridized carbons (Fsp3) is 0.625. The molecule has 0 aliphatic carbocycles. The van der Waals surface area contributed by atoms with E-state index < -0.39 is 9.84 Å². The molecule has 1 N–H and O–H groups in total. The van der Waals surface area contributed by atoms with Gasteiger partial charge in [-0.3, -0.25) is 0 Å². The SMILES string of the molecule is Cc1cccc2c1OCCCC2NC1CCS(=O)(=O)CC1. The van der Waals surface area contributed by atoms with Gasteiger partial charge in [-0.05, 0) is 38.2 Å². The minimum absolute atomic E-state index is 0.271. The van der Waals surface area contributed by atoms with Gasteiger partial charge in [-0.1, -0.05) is 18.2 Å². The van der Waals surface area contributed by atoms with Crippen LogP contribution in [0.2, 0.25) is 0 Å². The number of aryl methyl sites for hydroxylation is 1. The predicted octanol–water partition coefficient (Wildman–Crippen LogP) is 2.38.